The van der Waals surface area contributed by atoms with Gasteiger partial charge in [0.1, 0.15) is 0 Å². The van der Waals surface area contributed by atoms with Crippen LogP contribution < -0.4 is 4.74 Å². The van der Waals surface area contributed by atoms with Gasteiger partial charge in [-0.25, -0.2) is 14.5 Å². The molecular weight excluding hydrogens is 258 g/mol. The molecule has 2 aromatic heterocycles. The molecule has 2 heterocycles. The predicted octanol–water partition coefficient (Wildman–Crippen LogP) is 2.27. The molecule has 2 aromatic rings. The fraction of sp³-hybridized carbons (Fsp3) is 0.357. The highest BCUT2D eigenvalue weighted by atomic mass is 16.5. The standard InChI is InChI=1S/C14H17N3O3/c1-14(2,3)11-8-10(13(18)19)17(16-11)9-5-6-15-12(7-9)20-4/h5-8H,1-4H3,(H,18,19). The van der Waals surface area contributed by atoms with Crippen molar-refractivity contribution in [2.45, 2.75) is 26.2 Å². The van der Waals surface area contributed by atoms with Crippen LogP contribution in [-0.4, -0.2) is 33.0 Å². The summed E-state index contributed by atoms with van der Waals surface area (Å²) in [7, 11) is 1.51. The fourth-order valence-corrected chi connectivity index (χ4v) is 1.74. The molecule has 1 N–H and O–H groups in total. The van der Waals surface area contributed by atoms with Crippen molar-refractivity contribution in [2.24, 2.45) is 0 Å². The van der Waals surface area contributed by atoms with Crippen molar-refractivity contribution in [1.82, 2.24) is 14.8 Å². The second kappa shape index (κ2) is 4.96. The van der Waals surface area contributed by atoms with Crippen LogP contribution in [0, 0.1) is 0 Å². The second-order valence-corrected chi connectivity index (χ2v) is 5.44. The lowest BCUT2D eigenvalue weighted by atomic mass is 9.92. The van der Waals surface area contributed by atoms with E-state index in [1.54, 1.807) is 24.4 Å². The first-order chi connectivity index (χ1) is 9.32. The van der Waals surface area contributed by atoms with Crippen LogP contribution in [0.25, 0.3) is 5.69 Å². The number of carboxylic acid groups (broad SMARTS) is 1. The molecule has 20 heavy (non-hydrogen) atoms. The molecule has 0 amide bonds. The quantitative estimate of drug-likeness (QED) is 0.929. The van der Waals surface area contributed by atoms with Gasteiger partial charge in [-0.1, -0.05) is 20.8 Å². The Morgan fingerprint density at radius 3 is 2.60 bits per heavy atom. The van der Waals surface area contributed by atoms with Crippen molar-refractivity contribution >= 4 is 5.97 Å². The Morgan fingerprint density at radius 2 is 2.05 bits per heavy atom. The highest BCUT2D eigenvalue weighted by Gasteiger charge is 2.23. The average Bonchev–Trinajstić information content (AvgIpc) is 2.84. The van der Waals surface area contributed by atoms with E-state index in [0.717, 1.165) is 0 Å². The minimum atomic E-state index is -1.02. The average molecular weight is 275 g/mol. The van der Waals surface area contributed by atoms with E-state index in [-0.39, 0.29) is 11.1 Å². The number of carbonyl (C=O) groups is 1. The van der Waals surface area contributed by atoms with Gasteiger partial charge in [-0.2, -0.15) is 5.10 Å². The van der Waals surface area contributed by atoms with Crippen LogP contribution in [0.4, 0.5) is 0 Å². The van der Waals surface area contributed by atoms with Crippen molar-refractivity contribution in [3.63, 3.8) is 0 Å². The summed E-state index contributed by atoms with van der Waals surface area (Å²) in [4.78, 5) is 15.4. The molecule has 0 atom stereocenters. The summed E-state index contributed by atoms with van der Waals surface area (Å²) < 4.78 is 6.45. The first-order valence-corrected chi connectivity index (χ1v) is 6.17. The molecule has 0 aliphatic carbocycles. The molecule has 6 nitrogen and oxygen atoms in total. The Labute approximate surface area is 117 Å². The highest BCUT2D eigenvalue weighted by molar-refractivity contribution is 5.86. The molecule has 0 bridgehead atoms. The van der Waals surface area contributed by atoms with Crippen molar-refractivity contribution in [3.8, 4) is 11.6 Å². The first kappa shape index (κ1) is 14.0. The van der Waals surface area contributed by atoms with E-state index in [2.05, 4.69) is 10.1 Å². The maximum atomic E-state index is 11.4. The molecule has 6 heteroatoms. The summed E-state index contributed by atoms with van der Waals surface area (Å²) in [6.45, 7) is 5.95. The molecule has 106 valence electrons. The van der Waals surface area contributed by atoms with E-state index < -0.39 is 5.97 Å². The van der Waals surface area contributed by atoms with Gasteiger partial charge in [-0.15, -0.1) is 0 Å². The number of rotatable bonds is 3. The normalized spacial score (nSPS) is 11.4. The number of carboxylic acids is 1. The molecule has 0 unspecified atom stereocenters. The van der Waals surface area contributed by atoms with Crippen molar-refractivity contribution in [1.29, 1.82) is 0 Å². The van der Waals surface area contributed by atoms with Crippen LogP contribution in [0.5, 0.6) is 5.88 Å². The molecular formula is C14H17N3O3. The molecule has 0 aliphatic rings. The van der Waals surface area contributed by atoms with Gasteiger partial charge in [0, 0.05) is 17.7 Å². The van der Waals surface area contributed by atoms with E-state index in [9.17, 15) is 9.90 Å². The molecule has 0 saturated carbocycles. The van der Waals surface area contributed by atoms with Crippen molar-refractivity contribution in [2.75, 3.05) is 7.11 Å². The van der Waals surface area contributed by atoms with Gasteiger partial charge in [0.05, 0.1) is 18.5 Å². The largest absolute Gasteiger partial charge is 0.481 e. The lowest BCUT2D eigenvalue weighted by Crippen LogP contribution is -2.13. The Bertz CT molecular complexity index is 641. The van der Waals surface area contributed by atoms with Gasteiger partial charge in [-0.3, -0.25) is 0 Å². The SMILES string of the molecule is COc1cc(-n2nc(C(C)(C)C)cc2C(=O)O)ccn1. The summed E-state index contributed by atoms with van der Waals surface area (Å²) in [6.07, 6.45) is 1.55. The number of aromatic nitrogens is 3. The van der Waals surface area contributed by atoms with Crippen LogP contribution in [0.3, 0.4) is 0 Å². The number of hydrogen-bond donors (Lipinski definition) is 1. The molecule has 0 saturated heterocycles. The van der Waals surface area contributed by atoms with E-state index in [0.29, 0.717) is 17.3 Å². The fourth-order valence-electron chi connectivity index (χ4n) is 1.74. The summed E-state index contributed by atoms with van der Waals surface area (Å²) in [6, 6.07) is 4.93. The highest BCUT2D eigenvalue weighted by Crippen LogP contribution is 2.24. The van der Waals surface area contributed by atoms with E-state index >= 15 is 0 Å². The lowest BCUT2D eigenvalue weighted by molar-refractivity contribution is 0.0687. The number of ether oxygens (including phenoxy) is 1. The summed E-state index contributed by atoms with van der Waals surface area (Å²) >= 11 is 0. The second-order valence-electron chi connectivity index (χ2n) is 5.44. The topological polar surface area (TPSA) is 77.2 Å². The minimum Gasteiger partial charge on any atom is -0.481 e. The Balaban J connectivity index is 2.60. The van der Waals surface area contributed by atoms with Crippen LogP contribution in [-0.2, 0) is 5.41 Å². The first-order valence-electron chi connectivity index (χ1n) is 6.17. The third kappa shape index (κ3) is 2.64. The van der Waals surface area contributed by atoms with E-state index in [1.165, 1.54) is 11.8 Å². The zero-order valence-corrected chi connectivity index (χ0v) is 11.9. The smallest absolute Gasteiger partial charge is 0.354 e. The Kier molecular flexibility index (Phi) is 3.48. The van der Waals surface area contributed by atoms with Gasteiger partial charge >= 0.3 is 5.97 Å². The van der Waals surface area contributed by atoms with Gasteiger partial charge < -0.3 is 9.84 Å². The number of nitrogens with zero attached hydrogens (tertiary/aromatic N) is 3. The monoisotopic (exact) mass is 275 g/mol. The van der Waals surface area contributed by atoms with Gasteiger partial charge in [0.25, 0.3) is 0 Å². The van der Waals surface area contributed by atoms with Crippen LogP contribution >= 0.6 is 0 Å². The molecule has 0 aliphatic heterocycles. The maximum absolute atomic E-state index is 11.4. The molecule has 0 radical (unpaired) electrons. The third-order valence-corrected chi connectivity index (χ3v) is 2.87. The van der Waals surface area contributed by atoms with Gasteiger partial charge in [-0.05, 0) is 12.1 Å². The predicted molar refractivity (Wildman–Crippen MR) is 73.6 cm³/mol. The molecule has 2 rings (SSSR count). The van der Waals surface area contributed by atoms with Crippen LogP contribution in [0.1, 0.15) is 37.0 Å². The minimum absolute atomic E-state index is 0.114. The number of hydrogen-bond acceptors (Lipinski definition) is 4. The molecule has 0 aromatic carbocycles. The Hall–Kier alpha value is -2.37. The van der Waals surface area contributed by atoms with Gasteiger partial charge in [0.2, 0.25) is 5.88 Å². The van der Waals surface area contributed by atoms with Crippen molar-refractivity contribution < 1.29 is 14.6 Å². The summed E-state index contributed by atoms with van der Waals surface area (Å²) in [5.74, 6) is -0.615. The zero-order valence-electron chi connectivity index (χ0n) is 11.9. The third-order valence-electron chi connectivity index (χ3n) is 2.87. The van der Waals surface area contributed by atoms with E-state index in [1.807, 2.05) is 20.8 Å². The summed E-state index contributed by atoms with van der Waals surface area (Å²) in [5, 5.41) is 13.7. The maximum Gasteiger partial charge on any atom is 0.354 e. The van der Waals surface area contributed by atoms with Crippen molar-refractivity contribution in [3.05, 3.63) is 35.8 Å². The van der Waals surface area contributed by atoms with Crippen LogP contribution in [0.15, 0.2) is 24.4 Å². The number of pyridine rings is 1. The van der Waals surface area contributed by atoms with Gasteiger partial charge in [0.15, 0.2) is 5.69 Å². The van der Waals surface area contributed by atoms with E-state index in [4.69, 9.17) is 4.74 Å². The number of methoxy groups -OCH3 is 1. The molecule has 0 fully saturated rings. The number of aromatic carboxylic acids is 1. The van der Waals surface area contributed by atoms with Crippen LogP contribution in [0.2, 0.25) is 0 Å². The molecule has 0 spiro atoms. The zero-order chi connectivity index (χ0) is 14.9. The lowest BCUT2D eigenvalue weighted by Gasteiger charge is -2.14. The Morgan fingerprint density at radius 1 is 1.35 bits per heavy atom. The summed E-state index contributed by atoms with van der Waals surface area (Å²) in [5.41, 5.74) is 1.20.